The first kappa shape index (κ1) is 24.8. The predicted molar refractivity (Wildman–Crippen MR) is 142 cm³/mol. The van der Waals surface area contributed by atoms with Gasteiger partial charge in [-0.1, -0.05) is 54.2 Å². The lowest BCUT2D eigenvalue weighted by atomic mass is 10.1. The number of thioether (sulfide) groups is 1. The molecule has 0 radical (unpaired) electrons. The Labute approximate surface area is 212 Å². The lowest BCUT2D eigenvalue weighted by Gasteiger charge is -2.13. The Morgan fingerprint density at radius 2 is 1.97 bits per heavy atom. The van der Waals surface area contributed by atoms with Crippen LogP contribution < -0.4 is 10.7 Å². The number of hydrogen-bond donors (Lipinski definition) is 4. The zero-order chi connectivity index (χ0) is 25.5. The van der Waals surface area contributed by atoms with Gasteiger partial charge in [0.25, 0.3) is 5.91 Å². The number of anilines is 1. The summed E-state index contributed by atoms with van der Waals surface area (Å²) in [5.74, 6) is 0.184. The standard InChI is InChI=1S/C26H26N6O3S/c1-3-13-32-24(16-27-22-10-6-8-18-7-4-5-9-21(18)22)29-31-26(32)36-17(2)25(35)30-28-15-19-11-12-20(33)14-23(19)34/h3-12,14-15,17,27,33-34H,1,13,16H2,2H3,(H,30,35)/b28-15+/t17-/m0/s1. The van der Waals surface area contributed by atoms with E-state index in [2.05, 4.69) is 50.8 Å². The van der Waals surface area contributed by atoms with Crippen molar-refractivity contribution in [3.05, 3.63) is 84.7 Å². The summed E-state index contributed by atoms with van der Waals surface area (Å²) in [6, 6.07) is 18.4. The fourth-order valence-electron chi connectivity index (χ4n) is 3.51. The number of carbonyl (C=O) groups excluding carboxylic acids is 1. The maximum absolute atomic E-state index is 12.5. The number of amides is 1. The number of hydrazone groups is 1. The minimum atomic E-state index is -0.512. The number of carbonyl (C=O) groups is 1. The number of nitrogens with one attached hydrogen (secondary N) is 2. The molecule has 184 valence electrons. The Kier molecular flexibility index (Phi) is 7.86. The van der Waals surface area contributed by atoms with E-state index >= 15 is 0 Å². The Hall–Kier alpha value is -4.31. The summed E-state index contributed by atoms with van der Waals surface area (Å²) in [5.41, 5.74) is 3.83. The van der Waals surface area contributed by atoms with E-state index in [1.807, 2.05) is 28.8 Å². The van der Waals surface area contributed by atoms with E-state index in [0.29, 0.717) is 23.8 Å². The van der Waals surface area contributed by atoms with Crippen LogP contribution in [0.1, 0.15) is 18.3 Å². The fraction of sp³-hybridized carbons (Fsp3) is 0.154. The fourth-order valence-corrected chi connectivity index (χ4v) is 4.38. The van der Waals surface area contributed by atoms with Crippen LogP contribution in [0, 0.1) is 0 Å². The minimum Gasteiger partial charge on any atom is -0.508 e. The smallest absolute Gasteiger partial charge is 0.253 e. The summed E-state index contributed by atoms with van der Waals surface area (Å²) in [7, 11) is 0. The highest BCUT2D eigenvalue weighted by Gasteiger charge is 2.20. The number of phenols is 2. The van der Waals surface area contributed by atoms with Crippen LogP contribution >= 0.6 is 11.8 Å². The topological polar surface area (TPSA) is 125 Å². The molecule has 9 nitrogen and oxygen atoms in total. The van der Waals surface area contributed by atoms with E-state index in [9.17, 15) is 15.0 Å². The summed E-state index contributed by atoms with van der Waals surface area (Å²) < 4.78 is 1.91. The molecule has 0 aliphatic rings. The van der Waals surface area contributed by atoms with Crippen LogP contribution in [0.15, 0.2) is 83.6 Å². The minimum absolute atomic E-state index is 0.0611. The number of aromatic hydroxyl groups is 2. The van der Waals surface area contributed by atoms with Crippen LogP contribution in [0.4, 0.5) is 5.69 Å². The van der Waals surface area contributed by atoms with Gasteiger partial charge in [0.1, 0.15) is 11.5 Å². The molecule has 0 saturated carbocycles. The number of hydrogen-bond acceptors (Lipinski definition) is 8. The molecule has 1 heterocycles. The van der Waals surface area contributed by atoms with Crippen LogP contribution in [0.2, 0.25) is 0 Å². The first-order chi connectivity index (χ1) is 17.5. The van der Waals surface area contributed by atoms with Gasteiger partial charge in [-0.2, -0.15) is 5.10 Å². The molecule has 0 aliphatic heterocycles. The molecule has 1 amide bonds. The van der Waals surface area contributed by atoms with Crippen molar-refractivity contribution >= 4 is 40.3 Å². The number of phenolic OH excluding ortho intramolecular Hbond substituents is 2. The third kappa shape index (κ3) is 5.84. The van der Waals surface area contributed by atoms with Crippen LogP contribution in [0.25, 0.3) is 10.8 Å². The number of rotatable bonds is 10. The monoisotopic (exact) mass is 502 g/mol. The molecule has 0 aliphatic carbocycles. The molecule has 0 fully saturated rings. The summed E-state index contributed by atoms with van der Waals surface area (Å²) in [6.45, 7) is 6.53. The number of allylic oxidation sites excluding steroid dienone is 1. The zero-order valence-electron chi connectivity index (χ0n) is 19.6. The summed E-state index contributed by atoms with van der Waals surface area (Å²) in [6.07, 6.45) is 3.06. The van der Waals surface area contributed by atoms with Crippen LogP contribution in [0.5, 0.6) is 11.5 Å². The highest BCUT2D eigenvalue weighted by atomic mass is 32.2. The average molecular weight is 503 g/mol. The Bertz CT molecular complexity index is 1410. The van der Waals surface area contributed by atoms with Gasteiger partial charge >= 0.3 is 0 Å². The summed E-state index contributed by atoms with van der Waals surface area (Å²) in [4.78, 5) is 12.5. The zero-order valence-corrected chi connectivity index (χ0v) is 20.4. The van der Waals surface area contributed by atoms with E-state index in [4.69, 9.17) is 0 Å². The maximum atomic E-state index is 12.5. The van der Waals surface area contributed by atoms with E-state index in [1.165, 1.54) is 36.2 Å². The number of benzene rings is 3. The third-order valence-electron chi connectivity index (χ3n) is 5.38. The van der Waals surface area contributed by atoms with Gasteiger partial charge in [0.05, 0.1) is 18.0 Å². The van der Waals surface area contributed by atoms with Gasteiger partial charge in [0.15, 0.2) is 11.0 Å². The van der Waals surface area contributed by atoms with Crippen LogP contribution in [-0.4, -0.2) is 42.3 Å². The second-order valence-electron chi connectivity index (χ2n) is 7.92. The second kappa shape index (κ2) is 11.4. The van der Waals surface area contributed by atoms with Crippen molar-refractivity contribution in [1.29, 1.82) is 0 Å². The van der Waals surface area contributed by atoms with Crippen molar-refractivity contribution in [2.75, 3.05) is 5.32 Å². The third-order valence-corrected chi connectivity index (χ3v) is 6.46. The van der Waals surface area contributed by atoms with Crippen molar-refractivity contribution in [1.82, 2.24) is 20.2 Å². The van der Waals surface area contributed by atoms with Gasteiger partial charge in [0.2, 0.25) is 0 Å². The van der Waals surface area contributed by atoms with E-state index < -0.39 is 5.25 Å². The molecule has 3 aromatic carbocycles. The molecule has 0 bridgehead atoms. The highest BCUT2D eigenvalue weighted by Crippen LogP contribution is 2.26. The van der Waals surface area contributed by atoms with Crippen LogP contribution in [0.3, 0.4) is 0 Å². The van der Waals surface area contributed by atoms with E-state index in [0.717, 1.165) is 22.3 Å². The average Bonchev–Trinajstić information content (AvgIpc) is 3.25. The van der Waals surface area contributed by atoms with Gasteiger partial charge in [-0.15, -0.1) is 16.8 Å². The maximum Gasteiger partial charge on any atom is 0.253 e. The van der Waals surface area contributed by atoms with E-state index in [1.54, 1.807) is 13.0 Å². The summed E-state index contributed by atoms with van der Waals surface area (Å²) in [5, 5.41) is 37.5. The van der Waals surface area contributed by atoms with Crippen molar-refractivity contribution in [2.45, 2.75) is 30.4 Å². The lowest BCUT2D eigenvalue weighted by Crippen LogP contribution is -2.27. The van der Waals surface area contributed by atoms with Crippen LogP contribution in [-0.2, 0) is 17.9 Å². The van der Waals surface area contributed by atoms with Gasteiger partial charge < -0.3 is 20.1 Å². The van der Waals surface area contributed by atoms with Gasteiger partial charge in [-0.3, -0.25) is 4.79 Å². The Morgan fingerprint density at radius 1 is 1.17 bits per heavy atom. The SMILES string of the molecule is C=CCn1c(CNc2cccc3ccccc23)nnc1S[C@@H](C)C(=O)N/N=C/c1ccc(O)cc1O. The second-order valence-corrected chi connectivity index (χ2v) is 9.22. The highest BCUT2D eigenvalue weighted by molar-refractivity contribution is 8.00. The molecule has 1 atom stereocenters. The molecule has 10 heteroatoms. The largest absolute Gasteiger partial charge is 0.508 e. The first-order valence-corrected chi connectivity index (χ1v) is 12.1. The molecule has 1 aromatic heterocycles. The molecule has 4 aromatic rings. The lowest BCUT2D eigenvalue weighted by molar-refractivity contribution is -0.120. The molecule has 0 unspecified atom stereocenters. The molecular weight excluding hydrogens is 476 g/mol. The van der Waals surface area contributed by atoms with E-state index in [-0.39, 0.29) is 17.4 Å². The van der Waals surface area contributed by atoms with Crippen molar-refractivity contribution < 1.29 is 15.0 Å². The molecule has 4 rings (SSSR count). The Balaban J connectivity index is 1.41. The molecule has 4 N–H and O–H groups in total. The molecule has 36 heavy (non-hydrogen) atoms. The van der Waals surface area contributed by atoms with Crippen molar-refractivity contribution in [2.24, 2.45) is 5.10 Å². The number of aromatic nitrogens is 3. The Morgan fingerprint density at radius 3 is 2.78 bits per heavy atom. The van der Waals surface area contributed by atoms with Gasteiger partial charge in [0, 0.05) is 29.2 Å². The molecular formula is C26H26N6O3S. The normalized spacial score (nSPS) is 12.0. The molecule has 0 spiro atoms. The molecule has 0 saturated heterocycles. The first-order valence-electron chi connectivity index (χ1n) is 11.2. The van der Waals surface area contributed by atoms with Gasteiger partial charge in [-0.05, 0) is 30.5 Å². The number of fused-ring (bicyclic) bond motifs is 1. The quantitative estimate of drug-likeness (QED) is 0.110. The van der Waals surface area contributed by atoms with Gasteiger partial charge in [-0.25, -0.2) is 5.43 Å². The van der Waals surface area contributed by atoms with Crippen molar-refractivity contribution in [3.8, 4) is 11.5 Å². The predicted octanol–water partition coefficient (Wildman–Crippen LogP) is 4.27. The van der Waals surface area contributed by atoms with Crippen molar-refractivity contribution in [3.63, 3.8) is 0 Å². The number of nitrogens with zero attached hydrogens (tertiary/aromatic N) is 4. The summed E-state index contributed by atoms with van der Waals surface area (Å²) >= 11 is 1.26.